The Hall–Kier alpha value is -4.38. The lowest BCUT2D eigenvalue weighted by Crippen LogP contribution is -2.48. The van der Waals surface area contributed by atoms with Gasteiger partial charge in [-0.2, -0.15) is 8.78 Å². The number of esters is 1. The fourth-order valence-electron chi connectivity index (χ4n) is 8.05. The lowest BCUT2D eigenvalue weighted by molar-refractivity contribution is -0.136. The third-order valence-corrected chi connectivity index (χ3v) is 13.6. The van der Waals surface area contributed by atoms with Crippen LogP contribution in [-0.4, -0.2) is 211 Å². The number of halogens is 4. The van der Waals surface area contributed by atoms with Crippen LogP contribution in [-0.2, 0) is 68.1 Å². The second kappa shape index (κ2) is 39.1. The molecule has 25 heteroatoms. The number of aliphatic imine (C=N–C) groups is 1. The Morgan fingerprint density at radius 1 is 0.709 bits per heavy atom. The first-order valence-electron chi connectivity index (χ1n) is 27.4. The summed E-state index contributed by atoms with van der Waals surface area (Å²) in [5, 5.41) is 2.81. The number of aryl methyl sites for hydroxylation is 1. The van der Waals surface area contributed by atoms with E-state index in [1.807, 2.05) is 17.9 Å². The Bertz CT molecular complexity index is 2130. The van der Waals surface area contributed by atoms with E-state index in [1.165, 1.54) is 4.88 Å². The van der Waals surface area contributed by atoms with Gasteiger partial charge in [-0.15, -0.1) is 11.3 Å². The van der Waals surface area contributed by atoms with Crippen molar-refractivity contribution >= 4 is 46.9 Å². The zero-order valence-corrected chi connectivity index (χ0v) is 46.4. The van der Waals surface area contributed by atoms with Crippen molar-refractivity contribution in [2.75, 3.05) is 171 Å². The third kappa shape index (κ3) is 26.4. The molecule has 1 aromatic heterocycles. The van der Waals surface area contributed by atoms with Crippen LogP contribution in [0.15, 0.2) is 22.7 Å². The number of benzene rings is 1. The maximum Gasteiger partial charge on any atom is 0.407 e. The highest BCUT2D eigenvalue weighted by Gasteiger charge is 2.28. The summed E-state index contributed by atoms with van der Waals surface area (Å²) in [6, 6.07) is 2.13. The molecule has 2 fully saturated rings. The highest BCUT2D eigenvalue weighted by Crippen LogP contribution is 2.36. The summed E-state index contributed by atoms with van der Waals surface area (Å²) in [7, 11) is 0. The van der Waals surface area contributed by atoms with Gasteiger partial charge in [-0.1, -0.05) is 6.92 Å². The van der Waals surface area contributed by atoms with Crippen molar-refractivity contribution < 1.29 is 88.8 Å². The Morgan fingerprint density at radius 3 is 1.71 bits per heavy atom. The van der Waals surface area contributed by atoms with Gasteiger partial charge < -0.3 is 77.7 Å². The quantitative estimate of drug-likeness (QED) is 0.0255. The SMILES string of the molecule is CCCN(CCCNC(=O)OC1CCC1)C(=O)C1=Cc2sc(CCC3CN(CCOCCOCCOCCOCCOCCOCCOCCOCCOCCOCCC(=O)Oc4c(F)c(F)cc(F)c4F)C3)cc2N=C(N)C1. The number of thiophene rings is 1. The van der Waals surface area contributed by atoms with E-state index in [4.69, 9.17) is 57.8 Å². The summed E-state index contributed by atoms with van der Waals surface area (Å²) in [6.45, 7) is 14.3. The molecule has 5 rings (SSSR count). The molecule has 1 aliphatic carbocycles. The third-order valence-electron chi connectivity index (χ3n) is 12.5. The van der Waals surface area contributed by atoms with Gasteiger partial charge in [0.2, 0.25) is 23.3 Å². The number of hydrogen-bond acceptors (Lipinski definition) is 19. The first-order valence-corrected chi connectivity index (χ1v) is 28.3. The molecule has 0 bridgehead atoms. The molecular weight excluding hydrogens is 1070 g/mol. The lowest BCUT2D eigenvalue weighted by atomic mass is 9.94. The number of ether oxygens (including phenoxy) is 12. The number of amidine groups is 1. The molecule has 3 heterocycles. The minimum atomic E-state index is -1.80. The number of likely N-dealkylation sites (tertiary alicyclic amines) is 1. The zero-order chi connectivity index (χ0) is 56.3. The van der Waals surface area contributed by atoms with E-state index in [0.29, 0.717) is 162 Å². The van der Waals surface area contributed by atoms with Crippen LogP contribution in [0, 0.1) is 29.2 Å². The van der Waals surface area contributed by atoms with Gasteiger partial charge >= 0.3 is 12.1 Å². The molecule has 1 saturated heterocycles. The number of carbonyl (C=O) groups excluding carboxylic acids is 3. The van der Waals surface area contributed by atoms with Crippen molar-refractivity contribution in [2.24, 2.45) is 16.6 Å². The minimum absolute atomic E-state index is 0.0182. The van der Waals surface area contributed by atoms with Crippen LogP contribution < -0.4 is 15.8 Å². The van der Waals surface area contributed by atoms with Crippen LogP contribution in [0.2, 0.25) is 0 Å². The number of carbonyl (C=O) groups is 3. The normalized spacial score (nSPS) is 14.7. The molecule has 3 N–H and O–H groups in total. The maximum absolute atomic E-state index is 13.7. The smallest absolute Gasteiger partial charge is 0.407 e. The van der Waals surface area contributed by atoms with Crippen molar-refractivity contribution in [1.82, 2.24) is 15.1 Å². The molecule has 20 nitrogen and oxygen atoms in total. The van der Waals surface area contributed by atoms with Crippen LogP contribution in [0.3, 0.4) is 0 Å². The fraction of sp³-hybridized carbons (Fsp3) is 0.704. The van der Waals surface area contributed by atoms with E-state index in [0.717, 1.165) is 68.7 Å². The molecule has 2 aromatic rings. The second-order valence-corrected chi connectivity index (χ2v) is 19.9. The van der Waals surface area contributed by atoms with Crippen LogP contribution in [0.5, 0.6) is 5.75 Å². The zero-order valence-electron chi connectivity index (χ0n) is 45.6. The first kappa shape index (κ1) is 65.4. The highest BCUT2D eigenvalue weighted by molar-refractivity contribution is 7.13. The molecule has 2 aliphatic heterocycles. The van der Waals surface area contributed by atoms with E-state index in [1.54, 1.807) is 11.3 Å². The predicted molar refractivity (Wildman–Crippen MR) is 285 cm³/mol. The van der Waals surface area contributed by atoms with Gasteiger partial charge in [0.1, 0.15) is 11.9 Å². The predicted octanol–water partition coefficient (Wildman–Crippen LogP) is 6.01. The molecule has 1 aromatic carbocycles. The Labute approximate surface area is 464 Å². The molecule has 446 valence electrons. The standard InChI is InChI=1S/C54H81F4N5O15S/c1-2-11-63(12-4-10-60-54(66)77-42-5-3-6-42)53(65)41-34-47-46(61-48(59)35-41)36-43(79-47)8-7-40-38-62(39-40)13-15-68-17-19-70-21-23-72-25-27-74-29-31-76-33-32-75-30-28-73-26-24-71-22-20-69-18-16-67-14-9-49(64)78-52-50(57)44(55)37-45(56)51(52)58/h34,36-37,40,42H,2-33,35,38-39H2,1H3,(H2,59,61)(H,60,66). The topological polar surface area (TPSA) is 219 Å². The molecule has 79 heavy (non-hydrogen) atoms. The second-order valence-electron chi connectivity index (χ2n) is 18.8. The summed E-state index contributed by atoms with van der Waals surface area (Å²) < 4.78 is 118. The van der Waals surface area contributed by atoms with Crippen LogP contribution in [0.4, 0.5) is 28.0 Å². The van der Waals surface area contributed by atoms with Crippen molar-refractivity contribution in [3.05, 3.63) is 50.7 Å². The van der Waals surface area contributed by atoms with E-state index < -0.39 is 41.4 Å². The van der Waals surface area contributed by atoms with Gasteiger partial charge in [-0.25, -0.2) is 18.6 Å². The van der Waals surface area contributed by atoms with Gasteiger partial charge in [-0.05, 0) is 63.0 Å². The van der Waals surface area contributed by atoms with Gasteiger partial charge in [0, 0.05) is 62.2 Å². The van der Waals surface area contributed by atoms with E-state index in [9.17, 15) is 31.9 Å². The van der Waals surface area contributed by atoms with Crippen molar-refractivity contribution in [3.63, 3.8) is 0 Å². The summed E-state index contributed by atoms with van der Waals surface area (Å²) in [5.41, 5.74) is 7.80. The van der Waals surface area contributed by atoms with Crippen LogP contribution in [0.25, 0.3) is 6.08 Å². The molecular formula is C54H81F4N5O15S. The number of nitrogens with one attached hydrogen (secondary N) is 1. The molecule has 0 spiro atoms. The van der Waals surface area contributed by atoms with Crippen molar-refractivity contribution in [1.29, 1.82) is 0 Å². The number of rotatable bonds is 45. The summed E-state index contributed by atoms with van der Waals surface area (Å²) in [4.78, 5) is 48.6. The average molecular weight is 1150 g/mol. The van der Waals surface area contributed by atoms with Gasteiger partial charge in [0.25, 0.3) is 0 Å². The molecule has 0 unspecified atom stereocenters. The van der Waals surface area contributed by atoms with Gasteiger partial charge in [0.15, 0.2) is 11.6 Å². The number of hydrogen-bond donors (Lipinski definition) is 2. The monoisotopic (exact) mass is 1150 g/mol. The largest absolute Gasteiger partial charge is 0.446 e. The highest BCUT2D eigenvalue weighted by atomic mass is 32.1. The number of alkyl carbamates (subject to hydrolysis) is 1. The van der Waals surface area contributed by atoms with Gasteiger partial charge in [0.05, 0.1) is 149 Å². The van der Waals surface area contributed by atoms with Crippen LogP contribution >= 0.6 is 11.3 Å². The van der Waals surface area contributed by atoms with E-state index in [-0.39, 0.29) is 44.0 Å². The van der Waals surface area contributed by atoms with Gasteiger partial charge in [-0.3, -0.25) is 9.59 Å². The number of amides is 2. The molecule has 0 atom stereocenters. The lowest BCUT2D eigenvalue weighted by Gasteiger charge is -2.39. The average Bonchev–Trinajstić information content (AvgIpc) is 3.74. The Kier molecular flexibility index (Phi) is 32.4. The van der Waals surface area contributed by atoms with Crippen molar-refractivity contribution in [2.45, 2.75) is 70.8 Å². The van der Waals surface area contributed by atoms with E-state index >= 15 is 0 Å². The maximum atomic E-state index is 13.7. The number of fused-ring (bicyclic) bond motifs is 1. The number of nitrogens with two attached hydrogens (primary N) is 1. The van der Waals surface area contributed by atoms with Crippen LogP contribution in [0.1, 0.15) is 68.0 Å². The van der Waals surface area contributed by atoms with Crippen molar-refractivity contribution in [3.8, 4) is 5.75 Å². The summed E-state index contributed by atoms with van der Waals surface area (Å²) >= 11 is 1.69. The molecule has 0 radical (unpaired) electrons. The number of nitrogens with zero attached hydrogens (tertiary/aromatic N) is 3. The molecule has 2 amide bonds. The fourth-order valence-corrected chi connectivity index (χ4v) is 9.13. The first-order chi connectivity index (χ1) is 38.5. The Balaban J connectivity index is 0.721. The summed E-state index contributed by atoms with van der Waals surface area (Å²) in [5.74, 6) is -8.48. The van der Waals surface area contributed by atoms with E-state index in [2.05, 4.69) is 26.0 Å². The minimum Gasteiger partial charge on any atom is -0.446 e. The molecule has 3 aliphatic rings. The Morgan fingerprint density at radius 2 is 1.22 bits per heavy atom. The summed E-state index contributed by atoms with van der Waals surface area (Å²) in [6.07, 6.45) is 7.99. The molecule has 1 saturated carbocycles.